The lowest BCUT2D eigenvalue weighted by molar-refractivity contribution is -0.130. The summed E-state index contributed by atoms with van der Waals surface area (Å²) in [4.78, 5) is 34.3. The Bertz CT molecular complexity index is 1290. The third-order valence-corrected chi connectivity index (χ3v) is 7.37. The first-order valence-corrected chi connectivity index (χ1v) is 12.8. The fraction of sp³-hybridized carbons (Fsp3) is 0.481. The zero-order valence-corrected chi connectivity index (χ0v) is 20.6. The van der Waals surface area contributed by atoms with E-state index in [-0.39, 0.29) is 24.1 Å². The van der Waals surface area contributed by atoms with Crippen molar-refractivity contribution in [3.05, 3.63) is 53.6 Å². The zero-order valence-electron chi connectivity index (χ0n) is 20.6. The van der Waals surface area contributed by atoms with E-state index in [9.17, 15) is 14.0 Å². The van der Waals surface area contributed by atoms with Gasteiger partial charge in [-0.25, -0.2) is 4.39 Å². The second kappa shape index (κ2) is 10.2. The molecule has 2 aromatic heterocycles. The molecule has 1 saturated carbocycles. The van der Waals surface area contributed by atoms with Crippen LogP contribution in [0.5, 0.6) is 0 Å². The zero-order chi connectivity index (χ0) is 25.1. The van der Waals surface area contributed by atoms with Gasteiger partial charge in [0.05, 0.1) is 0 Å². The van der Waals surface area contributed by atoms with Crippen molar-refractivity contribution in [2.45, 2.75) is 70.3 Å². The van der Waals surface area contributed by atoms with Crippen LogP contribution < -0.4 is 5.32 Å². The Kier molecular flexibility index (Phi) is 6.89. The van der Waals surface area contributed by atoms with Crippen molar-refractivity contribution in [3.8, 4) is 0 Å². The first-order chi connectivity index (χ1) is 17.4. The number of benzene rings is 1. The van der Waals surface area contributed by atoms with E-state index in [1.807, 2.05) is 11.1 Å². The maximum atomic E-state index is 13.5. The molecular weight excluding hydrogens is 461 g/mol. The van der Waals surface area contributed by atoms with Crippen molar-refractivity contribution in [1.82, 2.24) is 25.3 Å². The number of aryl methyl sites for hydroxylation is 1. The molecule has 2 amide bonds. The predicted molar refractivity (Wildman–Crippen MR) is 133 cm³/mol. The van der Waals surface area contributed by atoms with E-state index < -0.39 is 5.54 Å². The number of halogens is 1. The van der Waals surface area contributed by atoms with Crippen LogP contribution in [0.15, 0.2) is 35.0 Å². The second-order valence-electron chi connectivity index (χ2n) is 9.90. The molecule has 0 saturated heterocycles. The lowest BCUT2D eigenvalue weighted by Crippen LogP contribution is -2.45. The molecule has 0 bridgehead atoms. The van der Waals surface area contributed by atoms with E-state index in [1.165, 1.54) is 19.1 Å². The van der Waals surface area contributed by atoms with Gasteiger partial charge in [-0.2, -0.15) is 4.98 Å². The average molecular weight is 494 g/mol. The minimum Gasteiger partial charge on any atom is -0.360 e. The number of nitrogens with zero attached hydrogens (tertiary/aromatic N) is 3. The van der Waals surface area contributed by atoms with Crippen LogP contribution >= 0.6 is 0 Å². The van der Waals surface area contributed by atoms with Gasteiger partial charge in [0.2, 0.25) is 17.7 Å². The summed E-state index contributed by atoms with van der Waals surface area (Å²) in [6.07, 6.45) is 11.2. The number of fused-ring (bicyclic) bond motifs is 1. The lowest BCUT2D eigenvalue weighted by atomic mass is 9.89. The number of aromatic nitrogens is 3. The van der Waals surface area contributed by atoms with Crippen molar-refractivity contribution in [3.63, 3.8) is 0 Å². The highest BCUT2D eigenvalue weighted by Crippen LogP contribution is 2.35. The number of carbonyl (C=O) groups is 2. The number of rotatable bonds is 6. The Hall–Kier alpha value is -3.49. The van der Waals surface area contributed by atoms with Gasteiger partial charge < -0.3 is 19.7 Å². The molecule has 1 fully saturated rings. The Morgan fingerprint density at radius 1 is 1.22 bits per heavy atom. The highest BCUT2D eigenvalue weighted by atomic mass is 19.1. The standard InChI is InChI=1S/C27H32FN5O3/c1-18(34)31-27(12-4-2-3-5-13-27)26-30-24(36-32-26)8-9-25(35)33-14-10-19(11-15-33)22-17-29-23-16-20(28)6-7-21(22)23/h6-7,10,16-17,29H,2-5,8-9,11-15H2,1H3,(H,31,34). The van der Waals surface area contributed by atoms with E-state index in [2.05, 4.69) is 26.5 Å². The molecule has 0 unspecified atom stereocenters. The number of amides is 2. The van der Waals surface area contributed by atoms with Gasteiger partial charge in [-0.3, -0.25) is 9.59 Å². The Morgan fingerprint density at radius 3 is 2.75 bits per heavy atom. The molecule has 190 valence electrons. The third-order valence-electron chi connectivity index (χ3n) is 7.37. The van der Waals surface area contributed by atoms with E-state index in [0.717, 1.165) is 67.0 Å². The Labute approximate surface area is 209 Å². The van der Waals surface area contributed by atoms with Gasteiger partial charge >= 0.3 is 0 Å². The lowest BCUT2D eigenvalue weighted by Gasteiger charge is -2.30. The van der Waals surface area contributed by atoms with Crippen LogP contribution in [-0.2, 0) is 21.5 Å². The Morgan fingerprint density at radius 2 is 2.03 bits per heavy atom. The van der Waals surface area contributed by atoms with Gasteiger partial charge in [0.25, 0.3) is 0 Å². The molecule has 1 aliphatic heterocycles. The van der Waals surface area contributed by atoms with Crippen molar-refractivity contribution >= 4 is 28.3 Å². The summed E-state index contributed by atoms with van der Waals surface area (Å²) in [7, 11) is 0. The quantitative estimate of drug-likeness (QED) is 0.488. The highest BCUT2D eigenvalue weighted by Gasteiger charge is 2.38. The van der Waals surface area contributed by atoms with Crippen molar-refractivity contribution in [2.75, 3.05) is 13.1 Å². The molecule has 0 radical (unpaired) electrons. The van der Waals surface area contributed by atoms with Gasteiger partial charge in [-0.15, -0.1) is 0 Å². The molecule has 1 aromatic carbocycles. The topological polar surface area (TPSA) is 104 Å². The molecule has 9 heteroatoms. The number of H-pyrrole nitrogens is 1. The number of aromatic amines is 1. The van der Waals surface area contributed by atoms with Gasteiger partial charge in [0.15, 0.2) is 5.82 Å². The number of hydrogen-bond acceptors (Lipinski definition) is 5. The van der Waals surface area contributed by atoms with Crippen LogP contribution in [0.1, 0.15) is 75.6 Å². The summed E-state index contributed by atoms with van der Waals surface area (Å²) in [5.74, 6) is 0.615. The first kappa shape index (κ1) is 24.2. The van der Waals surface area contributed by atoms with Crippen molar-refractivity contribution in [2.24, 2.45) is 0 Å². The molecule has 2 aliphatic rings. The molecule has 3 heterocycles. The van der Waals surface area contributed by atoms with Gasteiger partial charge in [-0.05, 0) is 43.0 Å². The summed E-state index contributed by atoms with van der Waals surface area (Å²) >= 11 is 0. The minimum absolute atomic E-state index is 0.0390. The molecule has 2 N–H and O–H groups in total. The van der Waals surface area contributed by atoms with Gasteiger partial charge in [-0.1, -0.05) is 36.9 Å². The summed E-state index contributed by atoms with van der Waals surface area (Å²) in [6, 6.07) is 4.75. The molecule has 3 aromatic rings. The molecular formula is C27H32FN5O3. The average Bonchev–Trinajstić information content (AvgIpc) is 3.45. The minimum atomic E-state index is -0.587. The van der Waals surface area contributed by atoms with E-state index in [0.29, 0.717) is 31.2 Å². The van der Waals surface area contributed by atoms with Crippen molar-refractivity contribution < 1.29 is 18.5 Å². The molecule has 5 rings (SSSR count). The van der Waals surface area contributed by atoms with Crippen molar-refractivity contribution in [1.29, 1.82) is 0 Å². The Balaban J connectivity index is 1.20. The molecule has 36 heavy (non-hydrogen) atoms. The normalized spacial score (nSPS) is 18.1. The monoisotopic (exact) mass is 493 g/mol. The van der Waals surface area contributed by atoms with Crippen LogP contribution in [0.2, 0.25) is 0 Å². The van der Waals surface area contributed by atoms with Crippen LogP contribution in [0.3, 0.4) is 0 Å². The predicted octanol–water partition coefficient (Wildman–Crippen LogP) is 4.62. The maximum Gasteiger partial charge on any atom is 0.227 e. The van der Waals surface area contributed by atoms with E-state index >= 15 is 0 Å². The van der Waals surface area contributed by atoms with Crippen LogP contribution in [0.25, 0.3) is 16.5 Å². The summed E-state index contributed by atoms with van der Waals surface area (Å²) in [5.41, 5.74) is 2.40. The molecule has 8 nitrogen and oxygen atoms in total. The van der Waals surface area contributed by atoms with E-state index in [1.54, 1.807) is 6.07 Å². The van der Waals surface area contributed by atoms with Crippen LogP contribution in [0, 0.1) is 5.82 Å². The summed E-state index contributed by atoms with van der Waals surface area (Å²) < 4.78 is 19.0. The summed E-state index contributed by atoms with van der Waals surface area (Å²) in [6.45, 7) is 2.67. The number of carbonyl (C=O) groups excluding carboxylic acids is 2. The number of hydrogen-bond donors (Lipinski definition) is 2. The smallest absolute Gasteiger partial charge is 0.227 e. The van der Waals surface area contributed by atoms with Crippen LogP contribution in [-0.4, -0.2) is 44.9 Å². The fourth-order valence-corrected chi connectivity index (χ4v) is 5.50. The van der Waals surface area contributed by atoms with E-state index in [4.69, 9.17) is 4.52 Å². The largest absolute Gasteiger partial charge is 0.360 e. The third kappa shape index (κ3) is 5.05. The van der Waals surface area contributed by atoms with Crippen LogP contribution in [0.4, 0.5) is 4.39 Å². The molecule has 1 aliphatic carbocycles. The molecule has 0 atom stereocenters. The fourth-order valence-electron chi connectivity index (χ4n) is 5.50. The maximum absolute atomic E-state index is 13.5. The number of nitrogens with one attached hydrogen (secondary N) is 2. The van der Waals surface area contributed by atoms with Gasteiger partial charge in [0, 0.05) is 55.5 Å². The second-order valence-corrected chi connectivity index (χ2v) is 9.90. The summed E-state index contributed by atoms with van der Waals surface area (Å²) in [5, 5.41) is 8.28. The molecule has 0 spiro atoms. The first-order valence-electron chi connectivity index (χ1n) is 12.8. The van der Waals surface area contributed by atoms with Gasteiger partial charge in [0.1, 0.15) is 11.4 Å². The highest BCUT2D eigenvalue weighted by molar-refractivity contribution is 5.93. The SMILES string of the molecule is CC(=O)NC1(c2noc(CCC(=O)N3CC=C(c4c[nH]c5cc(F)ccc45)CC3)n2)CCCCCC1.